The van der Waals surface area contributed by atoms with Gasteiger partial charge in [0.25, 0.3) is 15.9 Å². The van der Waals surface area contributed by atoms with Crippen LogP contribution in [-0.4, -0.2) is 81.3 Å². The number of methoxy groups -OCH3 is 1. The van der Waals surface area contributed by atoms with Crippen LogP contribution < -0.4 is 19.5 Å². The number of nitrogens with one attached hydrogen (secondary N) is 2. The fraction of sp³-hybridized carbons (Fsp3) is 0.294. The highest BCUT2D eigenvalue weighted by Crippen LogP contribution is 2.36. The molecule has 0 radical (unpaired) electrons. The molecule has 3 N–H and O–H groups in total. The molecule has 46 heavy (non-hydrogen) atoms. The van der Waals surface area contributed by atoms with E-state index >= 15 is 0 Å². The molecule has 1 heterocycles. The monoisotopic (exact) mass is 646 g/mol. The van der Waals surface area contributed by atoms with Crippen molar-refractivity contribution in [2.24, 2.45) is 5.92 Å². The van der Waals surface area contributed by atoms with Crippen LogP contribution in [0.3, 0.4) is 0 Å². The van der Waals surface area contributed by atoms with Gasteiger partial charge in [-0.25, -0.2) is 13.2 Å². The maximum Gasteiger partial charge on any atom is 0.321 e. The number of ether oxygens (including phenoxy) is 2. The lowest BCUT2D eigenvalue weighted by atomic mass is 9.99. The Bertz CT molecular complexity index is 1830. The average molecular weight is 647 g/mol. The molecule has 1 aliphatic rings. The summed E-state index contributed by atoms with van der Waals surface area (Å²) in [6.07, 6.45) is -0.657. The van der Waals surface area contributed by atoms with Crippen LogP contribution in [0.5, 0.6) is 11.5 Å². The van der Waals surface area contributed by atoms with Crippen molar-refractivity contribution in [1.82, 2.24) is 9.80 Å². The zero-order chi connectivity index (χ0) is 33.0. The smallest absolute Gasteiger partial charge is 0.321 e. The van der Waals surface area contributed by atoms with E-state index in [0.717, 1.165) is 10.8 Å². The number of nitrogens with zero attached hydrogens (tertiary/aromatic N) is 2. The number of carbonyl (C=O) groups is 2. The normalized spacial score (nSPS) is 17.2. The minimum absolute atomic E-state index is 0.00615. The molecular weight excluding hydrogens is 608 g/mol. The SMILES string of the molecule is COc1ccc(S(=O)(=O)Nc2cccc3c2O[C@H](CN(C)C(=O)Nc2cccc4ccccc24)[C@@H](C)CN([C@H](C)CO)C3=O)cc1. The Morgan fingerprint density at radius 1 is 1.04 bits per heavy atom. The van der Waals surface area contributed by atoms with E-state index in [-0.39, 0.29) is 53.5 Å². The Kier molecular flexibility index (Phi) is 9.68. The predicted molar refractivity (Wildman–Crippen MR) is 177 cm³/mol. The van der Waals surface area contributed by atoms with E-state index in [1.807, 2.05) is 49.4 Å². The largest absolute Gasteiger partial charge is 0.497 e. The molecule has 11 nitrogen and oxygen atoms in total. The van der Waals surface area contributed by atoms with Crippen molar-refractivity contribution >= 4 is 44.1 Å². The molecule has 1 aliphatic heterocycles. The van der Waals surface area contributed by atoms with Crippen LogP contribution in [0.2, 0.25) is 0 Å². The van der Waals surface area contributed by atoms with Crippen LogP contribution in [0.1, 0.15) is 24.2 Å². The zero-order valence-corrected chi connectivity index (χ0v) is 27.0. The van der Waals surface area contributed by atoms with Gasteiger partial charge in [0.1, 0.15) is 11.9 Å². The summed E-state index contributed by atoms with van der Waals surface area (Å²) in [6.45, 7) is 3.72. The van der Waals surface area contributed by atoms with Crippen LogP contribution in [0.4, 0.5) is 16.2 Å². The van der Waals surface area contributed by atoms with Gasteiger partial charge in [0.05, 0.1) is 48.1 Å². The second-order valence-corrected chi connectivity index (χ2v) is 13.1. The molecule has 0 saturated heterocycles. The molecule has 0 spiro atoms. The summed E-state index contributed by atoms with van der Waals surface area (Å²) in [4.78, 5) is 30.3. The zero-order valence-electron chi connectivity index (χ0n) is 26.1. The number of para-hydroxylation sites is 1. The number of anilines is 2. The number of urea groups is 1. The third kappa shape index (κ3) is 6.87. The first-order valence-electron chi connectivity index (χ1n) is 14.9. The Morgan fingerprint density at radius 2 is 1.72 bits per heavy atom. The fourth-order valence-corrected chi connectivity index (χ4v) is 6.46. The van der Waals surface area contributed by atoms with Gasteiger partial charge < -0.3 is 29.7 Å². The quantitative estimate of drug-likeness (QED) is 0.232. The number of benzene rings is 4. The van der Waals surface area contributed by atoms with Crippen LogP contribution >= 0.6 is 0 Å². The number of fused-ring (bicyclic) bond motifs is 2. The molecule has 0 bridgehead atoms. The molecule has 3 amide bonds. The molecule has 0 aliphatic carbocycles. The first-order valence-corrected chi connectivity index (χ1v) is 16.4. The highest BCUT2D eigenvalue weighted by atomic mass is 32.2. The van der Waals surface area contributed by atoms with Crippen molar-refractivity contribution in [3.05, 3.63) is 90.5 Å². The summed E-state index contributed by atoms with van der Waals surface area (Å²) >= 11 is 0. The summed E-state index contributed by atoms with van der Waals surface area (Å²) in [6, 6.07) is 23.1. The second-order valence-electron chi connectivity index (χ2n) is 11.4. The van der Waals surface area contributed by atoms with E-state index in [9.17, 15) is 23.1 Å². The summed E-state index contributed by atoms with van der Waals surface area (Å²) in [5, 5.41) is 14.9. The van der Waals surface area contributed by atoms with Gasteiger partial charge in [-0.3, -0.25) is 9.52 Å². The molecule has 4 aromatic rings. The highest BCUT2D eigenvalue weighted by Gasteiger charge is 2.35. The molecule has 0 unspecified atom stereocenters. The first-order chi connectivity index (χ1) is 22.0. The number of amides is 3. The van der Waals surface area contributed by atoms with Crippen molar-refractivity contribution < 1.29 is 32.6 Å². The van der Waals surface area contributed by atoms with Gasteiger partial charge in [-0.15, -0.1) is 0 Å². The van der Waals surface area contributed by atoms with Gasteiger partial charge >= 0.3 is 6.03 Å². The van der Waals surface area contributed by atoms with Crippen LogP contribution in [0, 0.1) is 5.92 Å². The number of aliphatic hydroxyl groups is 1. The number of rotatable bonds is 9. The molecule has 0 aromatic heterocycles. The summed E-state index contributed by atoms with van der Waals surface area (Å²) in [5.41, 5.74) is 0.867. The Labute approximate surface area is 268 Å². The van der Waals surface area contributed by atoms with Crippen molar-refractivity contribution in [2.45, 2.75) is 30.9 Å². The van der Waals surface area contributed by atoms with E-state index in [1.165, 1.54) is 42.3 Å². The lowest BCUT2D eigenvalue weighted by Crippen LogP contribution is -2.50. The number of likely N-dealkylation sites (N-methyl/N-ethyl adjacent to an activating group) is 1. The van der Waals surface area contributed by atoms with Gasteiger partial charge in [0.2, 0.25) is 0 Å². The minimum Gasteiger partial charge on any atom is -0.497 e. The average Bonchev–Trinajstić information content (AvgIpc) is 3.06. The second kappa shape index (κ2) is 13.7. The highest BCUT2D eigenvalue weighted by molar-refractivity contribution is 7.92. The van der Waals surface area contributed by atoms with Gasteiger partial charge in [-0.05, 0) is 54.8 Å². The summed E-state index contributed by atoms with van der Waals surface area (Å²) < 4.78 is 41.1. The molecule has 242 valence electrons. The number of aliphatic hydroxyl groups excluding tert-OH is 1. The lowest BCUT2D eigenvalue weighted by molar-refractivity contribution is 0.0373. The van der Waals surface area contributed by atoms with Crippen LogP contribution in [0.25, 0.3) is 10.8 Å². The van der Waals surface area contributed by atoms with Gasteiger partial charge in [-0.1, -0.05) is 49.4 Å². The van der Waals surface area contributed by atoms with Crippen molar-refractivity contribution in [2.75, 3.05) is 43.9 Å². The number of hydrogen-bond acceptors (Lipinski definition) is 7. The maximum absolute atomic E-state index is 13.8. The number of carbonyl (C=O) groups excluding carboxylic acids is 2. The molecule has 0 fully saturated rings. The van der Waals surface area contributed by atoms with Crippen LogP contribution in [-0.2, 0) is 10.0 Å². The Hall–Kier alpha value is -4.81. The Morgan fingerprint density at radius 3 is 2.43 bits per heavy atom. The van der Waals surface area contributed by atoms with E-state index in [2.05, 4.69) is 10.0 Å². The molecule has 5 rings (SSSR count). The van der Waals surface area contributed by atoms with Gasteiger partial charge in [-0.2, -0.15) is 0 Å². The Balaban J connectivity index is 1.46. The third-order valence-corrected chi connectivity index (χ3v) is 9.52. The summed E-state index contributed by atoms with van der Waals surface area (Å²) in [7, 11) is -0.956. The van der Waals surface area contributed by atoms with Gasteiger partial charge in [0.15, 0.2) is 5.75 Å². The first kappa shape index (κ1) is 32.6. The number of sulfonamides is 1. The third-order valence-electron chi connectivity index (χ3n) is 8.14. The van der Waals surface area contributed by atoms with Crippen molar-refractivity contribution in [3.8, 4) is 11.5 Å². The van der Waals surface area contributed by atoms with E-state index in [4.69, 9.17) is 9.47 Å². The standard InChI is InChI=1S/C34H38N4O7S/c1-22-19-38(23(2)21-39)33(40)28-12-8-14-30(36-46(42,43)26-17-15-25(44-4)16-18-26)32(28)45-31(22)20-37(3)34(41)35-29-13-7-10-24-9-5-6-11-27(24)29/h5-18,22-23,31,36,39H,19-21H2,1-4H3,(H,35,41)/t22-,23+,31+/m0/s1. The molecule has 12 heteroatoms. The topological polar surface area (TPSA) is 138 Å². The molecule has 0 saturated carbocycles. The lowest BCUT2D eigenvalue weighted by Gasteiger charge is -2.38. The van der Waals surface area contributed by atoms with E-state index in [0.29, 0.717) is 11.4 Å². The summed E-state index contributed by atoms with van der Waals surface area (Å²) in [5.74, 6) is -0.181. The predicted octanol–water partition coefficient (Wildman–Crippen LogP) is 5.03. The van der Waals surface area contributed by atoms with E-state index < -0.39 is 28.1 Å². The van der Waals surface area contributed by atoms with Gasteiger partial charge in [0, 0.05) is 24.9 Å². The van der Waals surface area contributed by atoms with E-state index in [1.54, 1.807) is 31.0 Å². The molecular formula is C34H38N4O7S. The molecule has 3 atom stereocenters. The van der Waals surface area contributed by atoms with Crippen LogP contribution in [0.15, 0.2) is 89.8 Å². The number of hydrogen-bond donors (Lipinski definition) is 3. The minimum atomic E-state index is -4.09. The molecule has 4 aromatic carbocycles. The van der Waals surface area contributed by atoms with Crippen molar-refractivity contribution in [3.63, 3.8) is 0 Å². The van der Waals surface area contributed by atoms with Crippen molar-refractivity contribution in [1.29, 1.82) is 0 Å². The fourth-order valence-electron chi connectivity index (χ4n) is 5.40. The maximum atomic E-state index is 13.8.